The SMILES string of the molecule is CCOC(=O)c1c([N+](=O)[O-])cc(C#N)nc1C(F)F. The number of rotatable bonds is 4. The zero-order chi connectivity index (χ0) is 14.6. The summed E-state index contributed by atoms with van der Waals surface area (Å²) in [6.07, 6.45) is -3.24. The monoisotopic (exact) mass is 271 g/mol. The number of aromatic nitrogens is 1. The van der Waals surface area contributed by atoms with Crippen molar-refractivity contribution < 1.29 is 23.2 Å². The van der Waals surface area contributed by atoms with Gasteiger partial charge >= 0.3 is 5.97 Å². The Kier molecular flexibility index (Phi) is 4.41. The third-order valence-corrected chi connectivity index (χ3v) is 2.02. The zero-order valence-electron chi connectivity index (χ0n) is 9.59. The molecular weight excluding hydrogens is 264 g/mol. The maximum absolute atomic E-state index is 12.8. The van der Waals surface area contributed by atoms with Crippen LogP contribution in [0.5, 0.6) is 0 Å². The summed E-state index contributed by atoms with van der Waals surface area (Å²) in [5.74, 6) is -1.28. The first-order valence-electron chi connectivity index (χ1n) is 4.97. The van der Waals surface area contributed by atoms with Gasteiger partial charge in [0.15, 0.2) is 5.56 Å². The van der Waals surface area contributed by atoms with Crippen molar-refractivity contribution in [3.63, 3.8) is 0 Å². The fourth-order valence-corrected chi connectivity index (χ4v) is 1.32. The first-order valence-corrected chi connectivity index (χ1v) is 4.97. The molecule has 0 bridgehead atoms. The Labute approximate surface area is 105 Å². The van der Waals surface area contributed by atoms with Gasteiger partial charge in [-0.3, -0.25) is 10.1 Å². The van der Waals surface area contributed by atoms with Crippen molar-refractivity contribution in [3.05, 3.63) is 33.1 Å². The van der Waals surface area contributed by atoms with Crippen molar-refractivity contribution in [1.29, 1.82) is 5.26 Å². The molecule has 0 N–H and O–H groups in total. The highest BCUT2D eigenvalue weighted by atomic mass is 19.3. The minimum atomic E-state index is -3.24. The van der Waals surface area contributed by atoms with Crippen LogP contribution >= 0.6 is 0 Å². The van der Waals surface area contributed by atoms with E-state index in [1.165, 1.54) is 13.0 Å². The molecule has 1 rings (SSSR count). The molecule has 1 heterocycles. The molecule has 0 aliphatic rings. The summed E-state index contributed by atoms with van der Waals surface area (Å²) in [6, 6.07) is 2.07. The average Bonchev–Trinajstić information content (AvgIpc) is 2.37. The van der Waals surface area contributed by atoms with E-state index in [9.17, 15) is 23.7 Å². The van der Waals surface area contributed by atoms with E-state index in [-0.39, 0.29) is 6.61 Å². The normalized spacial score (nSPS) is 10.1. The van der Waals surface area contributed by atoms with Crippen LogP contribution in [0.3, 0.4) is 0 Å². The van der Waals surface area contributed by atoms with E-state index in [0.717, 1.165) is 0 Å². The van der Waals surface area contributed by atoms with Crippen molar-refractivity contribution in [2.75, 3.05) is 6.61 Å². The third-order valence-electron chi connectivity index (χ3n) is 2.02. The molecule has 1 aromatic heterocycles. The van der Waals surface area contributed by atoms with Crippen molar-refractivity contribution >= 4 is 11.7 Å². The summed E-state index contributed by atoms with van der Waals surface area (Å²) in [5, 5.41) is 19.4. The van der Waals surface area contributed by atoms with E-state index in [1.807, 2.05) is 0 Å². The number of nitriles is 1. The van der Waals surface area contributed by atoms with Gasteiger partial charge in [0.2, 0.25) is 0 Å². The van der Waals surface area contributed by atoms with Crippen LogP contribution in [0.25, 0.3) is 0 Å². The maximum atomic E-state index is 12.8. The average molecular weight is 271 g/mol. The molecule has 0 saturated carbocycles. The highest BCUT2D eigenvalue weighted by molar-refractivity contribution is 5.95. The molecule has 9 heteroatoms. The fourth-order valence-electron chi connectivity index (χ4n) is 1.32. The second-order valence-corrected chi connectivity index (χ2v) is 3.18. The first kappa shape index (κ1) is 14.4. The molecule has 0 spiro atoms. The first-order chi connectivity index (χ1) is 8.92. The Hall–Kier alpha value is -2.63. The minimum absolute atomic E-state index is 0.140. The summed E-state index contributed by atoms with van der Waals surface area (Å²) in [7, 11) is 0. The van der Waals surface area contributed by atoms with Crippen molar-refractivity contribution in [1.82, 2.24) is 4.98 Å². The number of esters is 1. The number of hydrogen-bond acceptors (Lipinski definition) is 6. The standard InChI is InChI=1S/C10H7F2N3O4/c1-2-19-10(16)7-6(15(17)18)3-5(4-13)14-8(7)9(11)12/h3,9H,2H2,1H3. The van der Waals surface area contributed by atoms with Crippen LogP contribution in [0.15, 0.2) is 6.07 Å². The number of nitrogens with zero attached hydrogens (tertiary/aromatic N) is 3. The number of pyridine rings is 1. The van der Waals surface area contributed by atoms with Crippen LogP contribution in [-0.4, -0.2) is 22.5 Å². The quantitative estimate of drug-likeness (QED) is 0.470. The van der Waals surface area contributed by atoms with Gasteiger partial charge in [0, 0.05) is 0 Å². The molecule has 19 heavy (non-hydrogen) atoms. The molecule has 0 unspecified atom stereocenters. The number of carbonyl (C=O) groups is 1. The number of hydrogen-bond donors (Lipinski definition) is 0. The lowest BCUT2D eigenvalue weighted by molar-refractivity contribution is -0.385. The highest BCUT2D eigenvalue weighted by Crippen LogP contribution is 2.29. The topological polar surface area (TPSA) is 106 Å². The lowest BCUT2D eigenvalue weighted by atomic mass is 10.1. The van der Waals surface area contributed by atoms with Crippen molar-refractivity contribution in [2.45, 2.75) is 13.3 Å². The lowest BCUT2D eigenvalue weighted by Crippen LogP contribution is -2.14. The minimum Gasteiger partial charge on any atom is -0.462 e. The third kappa shape index (κ3) is 2.98. The molecule has 0 aromatic carbocycles. The van der Waals surface area contributed by atoms with Crippen molar-refractivity contribution in [2.24, 2.45) is 0 Å². The Morgan fingerprint density at radius 2 is 2.32 bits per heavy atom. The van der Waals surface area contributed by atoms with Crippen LogP contribution in [-0.2, 0) is 4.74 Å². The Morgan fingerprint density at radius 3 is 2.74 bits per heavy atom. The summed E-state index contributed by atoms with van der Waals surface area (Å²) < 4.78 is 30.1. The summed E-state index contributed by atoms with van der Waals surface area (Å²) in [4.78, 5) is 24.5. The van der Waals surface area contributed by atoms with Gasteiger partial charge in [-0.1, -0.05) is 0 Å². The molecule has 0 saturated heterocycles. The molecule has 1 aromatic rings. The molecule has 0 amide bonds. The summed E-state index contributed by atoms with van der Waals surface area (Å²) in [5.41, 5.74) is -3.57. The molecule has 0 aliphatic heterocycles. The molecule has 0 atom stereocenters. The molecule has 100 valence electrons. The predicted molar refractivity (Wildman–Crippen MR) is 56.5 cm³/mol. The smallest absolute Gasteiger partial charge is 0.347 e. The van der Waals surface area contributed by atoms with E-state index in [0.29, 0.717) is 6.07 Å². The predicted octanol–water partition coefficient (Wildman–Crippen LogP) is 1.98. The molecule has 0 aliphatic carbocycles. The van der Waals surface area contributed by atoms with Gasteiger partial charge in [0.25, 0.3) is 12.1 Å². The van der Waals surface area contributed by atoms with Gasteiger partial charge in [0.1, 0.15) is 17.5 Å². The number of nitro groups is 1. The van der Waals surface area contributed by atoms with Crippen LogP contribution in [0.1, 0.15) is 35.1 Å². The number of ether oxygens (including phenoxy) is 1. The Bertz CT molecular complexity index is 569. The van der Waals surface area contributed by atoms with Crippen LogP contribution in [0, 0.1) is 21.4 Å². The number of alkyl halides is 2. The van der Waals surface area contributed by atoms with Gasteiger partial charge in [-0.15, -0.1) is 0 Å². The fraction of sp³-hybridized carbons (Fsp3) is 0.300. The zero-order valence-corrected chi connectivity index (χ0v) is 9.59. The highest BCUT2D eigenvalue weighted by Gasteiger charge is 2.32. The van der Waals surface area contributed by atoms with Crippen LogP contribution in [0.2, 0.25) is 0 Å². The molecule has 7 nitrogen and oxygen atoms in total. The van der Waals surface area contributed by atoms with Crippen molar-refractivity contribution in [3.8, 4) is 6.07 Å². The van der Waals surface area contributed by atoms with Gasteiger partial charge in [0.05, 0.1) is 17.6 Å². The van der Waals surface area contributed by atoms with E-state index in [4.69, 9.17) is 5.26 Å². The number of carbonyl (C=O) groups excluding carboxylic acids is 1. The van der Waals surface area contributed by atoms with Gasteiger partial charge < -0.3 is 4.74 Å². The van der Waals surface area contributed by atoms with Gasteiger partial charge in [-0.05, 0) is 6.92 Å². The largest absolute Gasteiger partial charge is 0.462 e. The van der Waals surface area contributed by atoms with Gasteiger partial charge in [-0.2, -0.15) is 5.26 Å². The lowest BCUT2D eigenvalue weighted by Gasteiger charge is -2.08. The Morgan fingerprint density at radius 1 is 1.68 bits per heavy atom. The Balaban J connectivity index is 3.59. The number of halogens is 2. The maximum Gasteiger partial charge on any atom is 0.347 e. The van der Waals surface area contributed by atoms with E-state index in [1.54, 1.807) is 0 Å². The van der Waals surface area contributed by atoms with E-state index in [2.05, 4.69) is 9.72 Å². The second kappa shape index (κ2) is 5.81. The van der Waals surface area contributed by atoms with Gasteiger partial charge in [-0.25, -0.2) is 18.6 Å². The van der Waals surface area contributed by atoms with Crippen LogP contribution in [0.4, 0.5) is 14.5 Å². The second-order valence-electron chi connectivity index (χ2n) is 3.18. The van der Waals surface area contributed by atoms with E-state index >= 15 is 0 Å². The molecule has 0 fully saturated rings. The summed E-state index contributed by atoms with van der Waals surface area (Å²) >= 11 is 0. The molecular formula is C10H7F2N3O4. The van der Waals surface area contributed by atoms with Crippen LogP contribution < -0.4 is 0 Å². The van der Waals surface area contributed by atoms with E-state index < -0.39 is 40.0 Å². The summed E-state index contributed by atoms with van der Waals surface area (Å²) in [6.45, 7) is 1.28. The molecule has 0 radical (unpaired) electrons.